The first-order valence-corrected chi connectivity index (χ1v) is 7.97. The maximum Gasteiger partial charge on any atom is 0.185 e. The Hall–Kier alpha value is -2.73. The zero-order chi connectivity index (χ0) is 16.9. The third-order valence-corrected chi connectivity index (χ3v) is 4.06. The Labute approximate surface area is 147 Å². The zero-order valence-corrected chi connectivity index (χ0v) is 14.5. The number of methoxy groups -OCH3 is 1. The molecule has 3 aromatic rings. The monoisotopic (exact) mass is 383 g/mol. The lowest BCUT2D eigenvalue weighted by Crippen LogP contribution is -1.95. The lowest BCUT2D eigenvalue weighted by molar-refractivity contribution is 0.104. The second-order valence-corrected chi connectivity index (χ2v) is 5.83. The van der Waals surface area contributed by atoms with Gasteiger partial charge in [-0.25, -0.2) is 9.67 Å². The van der Waals surface area contributed by atoms with Gasteiger partial charge in [0.1, 0.15) is 18.4 Å². The fourth-order valence-electron chi connectivity index (χ4n) is 2.17. The van der Waals surface area contributed by atoms with Crippen molar-refractivity contribution in [3.8, 4) is 11.4 Å². The summed E-state index contributed by atoms with van der Waals surface area (Å²) in [6, 6.07) is 12.9. The molecular weight excluding hydrogens is 370 g/mol. The van der Waals surface area contributed by atoms with Crippen LogP contribution in [0.1, 0.15) is 15.9 Å². The summed E-state index contributed by atoms with van der Waals surface area (Å²) in [5.41, 5.74) is 2.44. The number of rotatable bonds is 5. The van der Waals surface area contributed by atoms with Gasteiger partial charge < -0.3 is 4.74 Å². The summed E-state index contributed by atoms with van der Waals surface area (Å²) < 4.78 is 7.59. The highest BCUT2D eigenvalue weighted by molar-refractivity contribution is 9.10. The van der Waals surface area contributed by atoms with Crippen LogP contribution in [-0.2, 0) is 0 Å². The summed E-state index contributed by atoms with van der Waals surface area (Å²) in [4.78, 5) is 16.2. The summed E-state index contributed by atoms with van der Waals surface area (Å²) in [7, 11) is 1.59. The molecule has 0 saturated carbocycles. The topological polar surface area (TPSA) is 57.0 Å². The van der Waals surface area contributed by atoms with E-state index < -0.39 is 0 Å². The highest BCUT2D eigenvalue weighted by atomic mass is 79.9. The first-order valence-electron chi connectivity index (χ1n) is 7.18. The van der Waals surface area contributed by atoms with E-state index >= 15 is 0 Å². The zero-order valence-electron chi connectivity index (χ0n) is 12.9. The number of carbonyl (C=O) groups excluding carboxylic acids is 1. The molecular formula is C18H14BrN3O2. The van der Waals surface area contributed by atoms with Crippen molar-refractivity contribution in [2.24, 2.45) is 0 Å². The normalized spacial score (nSPS) is 10.9. The van der Waals surface area contributed by atoms with E-state index in [1.807, 2.05) is 24.3 Å². The molecule has 0 aliphatic rings. The number of allylic oxidation sites excluding steroid dienone is 1. The van der Waals surface area contributed by atoms with Gasteiger partial charge in [0.05, 0.1) is 17.3 Å². The van der Waals surface area contributed by atoms with Gasteiger partial charge in [0, 0.05) is 5.56 Å². The number of nitrogens with zero attached hydrogens (tertiary/aromatic N) is 3. The van der Waals surface area contributed by atoms with Crippen LogP contribution in [-0.4, -0.2) is 27.7 Å². The van der Waals surface area contributed by atoms with Crippen LogP contribution in [0.3, 0.4) is 0 Å². The van der Waals surface area contributed by atoms with E-state index in [1.165, 1.54) is 6.33 Å². The smallest absolute Gasteiger partial charge is 0.185 e. The molecule has 6 heteroatoms. The Morgan fingerprint density at radius 2 is 2.00 bits per heavy atom. The van der Waals surface area contributed by atoms with Gasteiger partial charge in [-0.1, -0.05) is 18.2 Å². The second-order valence-electron chi connectivity index (χ2n) is 4.98. The van der Waals surface area contributed by atoms with Crippen molar-refractivity contribution < 1.29 is 9.53 Å². The molecule has 0 radical (unpaired) electrons. The molecule has 0 bridgehead atoms. The van der Waals surface area contributed by atoms with Gasteiger partial charge in [-0.15, -0.1) is 0 Å². The van der Waals surface area contributed by atoms with Gasteiger partial charge in [0.15, 0.2) is 5.78 Å². The van der Waals surface area contributed by atoms with Crippen molar-refractivity contribution in [3.05, 3.63) is 76.8 Å². The Morgan fingerprint density at radius 1 is 1.21 bits per heavy atom. The predicted molar refractivity (Wildman–Crippen MR) is 95.4 cm³/mol. The number of aromatic nitrogens is 3. The van der Waals surface area contributed by atoms with Gasteiger partial charge in [0.2, 0.25) is 0 Å². The number of benzene rings is 2. The highest BCUT2D eigenvalue weighted by Gasteiger charge is 2.06. The molecule has 2 aromatic carbocycles. The second kappa shape index (κ2) is 7.23. The summed E-state index contributed by atoms with van der Waals surface area (Å²) >= 11 is 3.38. The van der Waals surface area contributed by atoms with E-state index in [4.69, 9.17) is 4.74 Å². The van der Waals surface area contributed by atoms with Gasteiger partial charge in [0.25, 0.3) is 0 Å². The maximum atomic E-state index is 12.3. The van der Waals surface area contributed by atoms with Gasteiger partial charge in [-0.2, -0.15) is 5.10 Å². The number of halogens is 1. The van der Waals surface area contributed by atoms with Crippen LogP contribution >= 0.6 is 15.9 Å². The fourth-order valence-corrected chi connectivity index (χ4v) is 2.71. The van der Waals surface area contributed by atoms with E-state index in [1.54, 1.807) is 48.5 Å². The maximum absolute atomic E-state index is 12.3. The molecule has 1 heterocycles. The summed E-state index contributed by atoms with van der Waals surface area (Å²) in [6.07, 6.45) is 6.46. The van der Waals surface area contributed by atoms with Crippen LogP contribution in [0, 0.1) is 0 Å². The number of ether oxygens (including phenoxy) is 1. The minimum Gasteiger partial charge on any atom is -0.496 e. The molecule has 0 fully saturated rings. The largest absolute Gasteiger partial charge is 0.496 e. The Balaban J connectivity index is 1.73. The van der Waals surface area contributed by atoms with Crippen LogP contribution in [0.25, 0.3) is 11.8 Å². The summed E-state index contributed by atoms with van der Waals surface area (Å²) in [6.45, 7) is 0. The predicted octanol–water partition coefficient (Wildman–Crippen LogP) is 3.93. The third kappa shape index (κ3) is 3.60. The molecule has 5 nitrogen and oxygen atoms in total. The van der Waals surface area contributed by atoms with Crippen LogP contribution in [0.5, 0.6) is 5.75 Å². The number of ketones is 1. The summed E-state index contributed by atoms with van der Waals surface area (Å²) in [5, 5.41) is 4.07. The van der Waals surface area contributed by atoms with E-state index in [0.29, 0.717) is 11.3 Å². The Morgan fingerprint density at radius 3 is 2.62 bits per heavy atom. The minimum atomic E-state index is -0.0706. The third-order valence-electron chi connectivity index (χ3n) is 3.44. The van der Waals surface area contributed by atoms with Crippen molar-refractivity contribution in [3.63, 3.8) is 0 Å². The van der Waals surface area contributed by atoms with Crippen LogP contribution in [0.15, 0.2) is 65.7 Å². The highest BCUT2D eigenvalue weighted by Crippen LogP contribution is 2.25. The lowest BCUT2D eigenvalue weighted by atomic mass is 10.1. The molecule has 0 unspecified atom stereocenters. The van der Waals surface area contributed by atoms with Crippen molar-refractivity contribution in [1.82, 2.24) is 14.8 Å². The first-order chi connectivity index (χ1) is 11.7. The van der Waals surface area contributed by atoms with Crippen LogP contribution in [0.2, 0.25) is 0 Å². The quantitative estimate of drug-likeness (QED) is 0.494. The Kier molecular flexibility index (Phi) is 4.86. The molecule has 0 atom stereocenters. The van der Waals surface area contributed by atoms with E-state index in [9.17, 15) is 4.79 Å². The van der Waals surface area contributed by atoms with Crippen LogP contribution in [0.4, 0.5) is 0 Å². The first kappa shape index (κ1) is 16.1. The SMILES string of the molecule is COc1ccc(C(=O)/C=C/c2ccc(-n3cncn3)cc2)cc1Br. The van der Waals surface area contributed by atoms with E-state index in [-0.39, 0.29) is 5.78 Å². The molecule has 0 N–H and O–H groups in total. The van der Waals surface area contributed by atoms with Gasteiger partial charge in [-0.3, -0.25) is 4.79 Å². The summed E-state index contributed by atoms with van der Waals surface area (Å²) in [5.74, 6) is 0.623. The fraction of sp³-hybridized carbons (Fsp3) is 0.0556. The van der Waals surface area contributed by atoms with Crippen molar-refractivity contribution in [2.75, 3.05) is 7.11 Å². The molecule has 0 aliphatic carbocycles. The van der Waals surface area contributed by atoms with Crippen molar-refractivity contribution >= 4 is 27.8 Å². The van der Waals surface area contributed by atoms with Crippen molar-refractivity contribution in [1.29, 1.82) is 0 Å². The molecule has 3 rings (SSSR count). The number of carbonyl (C=O) groups is 1. The van der Waals surface area contributed by atoms with Gasteiger partial charge >= 0.3 is 0 Å². The average molecular weight is 384 g/mol. The lowest BCUT2D eigenvalue weighted by Gasteiger charge is -2.04. The van der Waals surface area contributed by atoms with Crippen molar-refractivity contribution in [2.45, 2.75) is 0 Å². The standard InChI is InChI=1S/C18H14BrN3O2/c1-24-18-9-5-14(10-16(18)19)17(23)8-4-13-2-6-15(7-3-13)22-12-20-11-21-22/h2-12H,1H3/b8-4+. The Bertz CT molecular complexity index is 872. The van der Waals surface area contributed by atoms with Gasteiger partial charge in [-0.05, 0) is 57.9 Å². The number of hydrogen-bond donors (Lipinski definition) is 0. The minimum absolute atomic E-state index is 0.0706. The molecule has 0 saturated heterocycles. The van der Waals surface area contributed by atoms with E-state index in [0.717, 1.165) is 15.7 Å². The number of hydrogen-bond acceptors (Lipinski definition) is 4. The molecule has 0 amide bonds. The molecule has 0 spiro atoms. The average Bonchev–Trinajstić information content (AvgIpc) is 3.14. The molecule has 24 heavy (non-hydrogen) atoms. The van der Waals surface area contributed by atoms with E-state index in [2.05, 4.69) is 26.0 Å². The molecule has 120 valence electrons. The molecule has 1 aromatic heterocycles. The van der Waals surface area contributed by atoms with Crippen LogP contribution < -0.4 is 4.74 Å². The molecule has 0 aliphatic heterocycles.